The van der Waals surface area contributed by atoms with Gasteiger partial charge in [-0.1, -0.05) is 6.07 Å². The number of para-hydroxylation sites is 1. The zero-order valence-electron chi connectivity index (χ0n) is 11.0. The number of hydrogen-bond acceptors (Lipinski definition) is 5. The van der Waals surface area contributed by atoms with Gasteiger partial charge in [0.15, 0.2) is 0 Å². The molecule has 1 fully saturated rings. The van der Waals surface area contributed by atoms with E-state index >= 15 is 0 Å². The third-order valence-electron chi connectivity index (χ3n) is 3.17. The van der Waals surface area contributed by atoms with Crippen LogP contribution in [0.25, 0.3) is 0 Å². The lowest BCUT2D eigenvalue weighted by molar-refractivity contribution is 0.0358. The molecule has 0 aliphatic carbocycles. The van der Waals surface area contributed by atoms with E-state index < -0.39 is 0 Å². The Hall–Kier alpha value is -1.77. The second kappa shape index (κ2) is 6.98. The Balaban J connectivity index is 1.75. The SMILES string of the molecule is N#Cc1cccc(OCCCN2CCOCC2)c1N. The summed E-state index contributed by atoms with van der Waals surface area (Å²) in [6.45, 7) is 5.23. The van der Waals surface area contributed by atoms with Crippen LogP contribution in [0, 0.1) is 11.3 Å². The lowest BCUT2D eigenvalue weighted by atomic mass is 10.2. The molecule has 1 heterocycles. The van der Waals surface area contributed by atoms with Gasteiger partial charge in [0.2, 0.25) is 0 Å². The molecular formula is C14H19N3O2. The largest absolute Gasteiger partial charge is 0.491 e. The molecule has 0 saturated carbocycles. The van der Waals surface area contributed by atoms with Gasteiger partial charge in [0.25, 0.3) is 0 Å². The van der Waals surface area contributed by atoms with Crippen LogP contribution in [-0.4, -0.2) is 44.4 Å². The van der Waals surface area contributed by atoms with Crippen LogP contribution in [0.1, 0.15) is 12.0 Å². The van der Waals surface area contributed by atoms with Gasteiger partial charge in [0.05, 0.1) is 31.1 Å². The first-order valence-electron chi connectivity index (χ1n) is 6.53. The maximum atomic E-state index is 8.88. The predicted octanol–water partition coefficient (Wildman–Crippen LogP) is 1.24. The number of morpholine rings is 1. The number of ether oxygens (including phenoxy) is 2. The Labute approximate surface area is 113 Å². The van der Waals surface area contributed by atoms with E-state index in [1.807, 2.05) is 0 Å². The van der Waals surface area contributed by atoms with Crippen LogP contribution in [0.2, 0.25) is 0 Å². The van der Waals surface area contributed by atoms with E-state index in [1.54, 1.807) is 18.2 Å². The normalized spacial score (nSPS) is 15.9. The third-order valence-corrected chi connectivity index (χ3v) is 3.17. The summed E-state index contributed by atoms with van der Waals surface area (Å²) in [5, 5.41) is 8.88. The topological polar surface area (TPSA) is 71.5 Å². The molecule has 2 rings (SSSR count). The first-order chi connectivity index (χ1) is 9.31. The summed E-state index contributed by atoms with van der Waals surface area (Å²) in [4.78, 5) is 2.36. The average molecular weight is 261 g/mol. The van der Waals surface area contributed by atoms with Crippen molar-refractivity contribution in [2.75, 3.05) is 45.2 Å². The molecule has 5 nitrogen and oxygen atoms in total. The van der Waals surface area contributed by atoms with Crippen LogP contribution in [0.3, 0.4) is 0 Å². The standard InChI is InChI=1S/C14H19N3O2/c15-11-12-3-1-4-13(14(12)16)19-8-2-5-17-6-9-18-10-7-17/h1,3-4H,2,5-10,16H2. The number of benzene rings is 1. The first-order valence-corrected chi connectivity index (χ1v) is 6.53. The van der Waals surface area contributed by atoms with E-state index in [2.05, 4.69) is 11.0 Å². The van der Waals surface area contributed by atoms with Crippen molar-refractivity contribution < 1.29 is 9.47 Å². The van der Waals surface area contributed by atoms with Crippen molar-refractivity contribution >= 4 is 5.69 Å². The summed E-state index contributed by atoms with van der Waals surface area (Å²) < 4.78 is 10.9. The Kier molecular flexibility index (Phi) is 5.01. The maximum absolute atomic E-state index is 8.88. The van der Waals surface area contributed by atoms with E-state index in [-0.39, 0.29) is 0 Å². The molecule has 19 heavy (non-hydrogen) atoms. The first kappa shape index (κ1) is 13.7. The van der Waals surface area contributed by atoms with Crippen LogP contribution in [0.4, 0.5) is 5.69 Å². The fourth-order valence-electron chi connectivity index (χ4n) is 2.06. The van der Waals surface area contributed by atoms with Crippen molar-refractivity contribution in [2.45, 2.75) is 6.42 Å². The van der Waals surface area contributed by atoms with Gasteiger partial charge < -0.3 is 15.2 Å². The van der Waals surface area contributed by atoms with Crippen LogP contribution in [-0.2, 0) is 4.74 Å². The molecule has 1 aromatic rings. The Morgan fingerprint density at radius 2 is 2.16 bits per heavy atom. The van der Waals surface area contributed by atoms with Crippen molar-refractivity contribution in [1.82, 2.24) is 4.90 Å². The summed E-state index contributed by atoms with van der Waals surface area (Å²) in [6.07, 6.45) is 0.941. The van der Waals surface area contributed by atoms with E-state index in [0.717, 1.165) is 39.3 Å². The minimum atomic E-state index is 0.427. The van der Waals surface area contributed by atoms with Gasteiger partial charge in [0, 0.05) is 19.6 Å². The van der Waals surface area contributed by atoms with Crippen LogP contribution in [0.5, 0.6) is 5.75 Å². The number of nitrogens with two attached hydrogens (primary N) is 1. The molecule has 0 amide bonds. The molecule has 0 bridgehead atoms. The van der Waals surface area contributed by atoms with Gasteiger partial charge >= 0.3 is 0 Å². The molecular weight excluding hydrogens is 242 g/mol. The van der Waals surface area contributed by atoms with Gasteiger partial charge in [-0.15, -0.1) is 0 Å². The molecule has 5 heteroatoms. The predicted molar refractivity (Wildman–Crippen MR) is 72.9 cm³/mol. The zero-order chi connectivity index (χ0) is 13.5. The summed E-state index contributed by atoms with van der Waals surface area (Å²) in [6, 6.07) is 7.32. The fraction of sp³-hybridized carbons (Fsp3) is 0.500. The molecule has 0 aromatic heterocycles. The van der Waals surface area contributed by atoms with Gasteiger partial charge in [-0.2, -0.15) is 5.26 Å². The number of rotatable bonds is 5. The quantitative estimate of drug-likeness (QED) is 0.638. The Bertz CT molecular complexity index is 450. The molecule has 102 valence electrons. The molecule has 1 aromatic carbocycles. The van der Waals surface area contributed by atoms with Gasteiger partial charge in [-0.05, 0) is 18.6 Å². The molecule has 1 aliphatic heterocycles. The molecule has 1 aliphatic rings. The summed E-state index contributed by atoms with van der Waals surface area (Å²) >= 11 is 0. The summed E-state index contributed by atoms with van der Waals surface area (Å²) in [5.41, 5.74) is 6.74. The van der Waals surface area contributed by atoms with Crippen LogP contribution < -0.4 is 10.5 Å². The smallest absolute Gasteiger partial charge is 0.143 e. The monoisotopic (exact) mass is 261 g/mol. The van der Waals surface area contributed by atoms with E-state index in [9.17, 15) is 0 Å². The molecule has 2 N–H and O–H groups in total. The molecule has 0 atom stereocenters. The number of nitriles is 1. The lowest BCUT2D eigenvalue weighted by Crippen LogP contribution is -2.37. The third kappa shape index (κ3) is 3.85. The second-order valence-corrected chi connectivity index (χ2v) is 4.49. The summed E-state index contributed by atoms with van der Waals surface area (Å²) in [7, 11) is 0. The van der Waals surface area contributed by atoms with Crippen LogP contribution >= 0.6 is 0 Å². The Morgan fingerprint density at radius 1 is 1.37 bits per heavy atom. The van der Waals surface area contributed by atoms with Gasteiger partial charge in [0.1, 0.15) is 11.8 Å². The number of nitrogen functional groups attached to an aromatic ring is 1. The minimum absolute atomic E-state index is 0.427. The highest BCUT2D eigenvalue weighted by molar-refractivity contribution is 5.62. The van der Waals surface area contributed by atoms with Crippen molar-refractivity contribution in [3.63, 3.8) is 0 Å². The molecule has 1 saturated heterocycles. The van der Waals surface area contributed by atoms with Crippen molar-refractivity contribution in [3.05, 3.63) is 23.8 Å². The van der Waals surface area contributed by atoms with Gasteiger partial charge in [-0.25, -0.2) is 0 Å². The highest BCUT2D eigenvalue weighted by atomic mass is 16.5. The number of nitrogens with zero attached hydrogens (tertiary/aromatic N) is 2. The van der Waals surface area contributed by atoms with E-state index in [0.29, 0.717) is 23.6 Å². The number of hydrogen-bond donors (Lipinski definition) is 1. The lowest BCUT2D eigenvalue weighted by Gasteiger charge is -2.26. The minimum Gasteiger partial charge on any atom is -0.491 e. The summed E-state index contributed by atoms with van der Waals surface area (Å²) in [5.74, 6) is 0.598. The van der Waals surface area contributed by atoms with E-state index in [4.69, 9.17) is 20.5 Å². The number of anilines is 1. The highest BCUT2D eigenvalue weighted by Crippen LogP contribution is 2.24. The zero-order valence-corrected chi connectivity index (χ0v) is 11.0. The van der Waals surface area contributed by atoms with Crippen LogP contribution in [0.15, 0.2) is 18.2 Å². The highest BCUT2D eigenvalue weighted by Gasteiger charge is 2.10. The molecule has 0 spiro atoms. The average Bonchev–Trinajstić information content (AvgIpc) is 2.46. The maximum Gasteiger partial charge on any atom is 0.143 e. The molecule has 0 unspecified atom stereocenters. The van der Waals surface area contributed by atoms with Gasteiger partial charge in [-0.3, -0.25) is 4.90 Å². The molecule has 0 radical (unpaired) electrons. The second-order valence-electron chi connectivity index (χ2n) is 4.49. The van der Waals surface area contributed by atoms with Crippen molar-refractivity contribution in [1.29, 1.82) is 5.26 Å². The Morgan fingerprint density at radius 3 is 2.89 bits per heavy atom. The fourth-order valence-corrected chi connectivity index (χ4v) is 2.06. The van der Waals surface area contributed by atoms with Crippen molar-refractivity contribution in [3.8, 4) is 11.8 Å². The van der Waals surface area contributed by atoms with Crippen molar-refractivity contribution in [2.24, 2.45) is 0 Å². The van der Waals surface area contributed by atoms with E-state index in [1.165, 1.54) is 0 Å².